The summed E-state index contributed by atoms with van der Waals surface area (Å²) in [6.45, 7) is 5.04. The highest BCUT2D eigenvalue weighted by Crippen LogP contribution is 2.30. The molecule has 1 saturated carbocycles. The summed E-state index contributed by atoms with van der Waals surface area (Å²) in [6.07, 6.45) is 3.84. The van der Waals surface area contributed by atoms with Crippen molar-refractivity contribution in [1.29, 1.82) is 5.26 Å². The fraction of sp³-hybridized carbons (Fsp3) is 0.562. The van der Waals surface area contributed by atoms with Gasteiger partial charge in [-0.2, -0.15) is 5.26 Å². The first-order valence-electron chi connectivity index (χ1n) is 7.21. The molecule has 1 aliphatic carbocycles. The molecule has 2 unspecified atom stereocenters. The van der Waals surface area contributed by atoms with Crippen molar-refractivity contribution in [2.75, 3.05) is 13.1 Å². The van der Waals surface area contributed by atoms with Gasteiger partial charge in [0.2, 0.25) is 0 Å². The van der Waals surface area contributed by atoms with Gasteiger partial charge in [-0.3, -0.25) is 4.90 Å². The van der Waals surface area contributed by atoms with Crippen molar-refractivity contribution < 1.29 is 0 Å². The topological polar surface area (TPSA) is 53.0 Å². The second kappa shape index (κ2) is 6.70. The van der Waals surface area contributed by atoms with Crippen LogP contribution < -0.4 is 5.73 Å². The lowest BCUT2D eigenvalue weighted by molar-refractivity contribution is 0.162. The molecule has 0 amide bonds. The zero-order valence-corrected chi connectivity index (χ0v) is 11.7. The Morgan fingerprint density at radius 3 is 2.63 bits per heavy atom. The standard InChI is InChI=1S/C16H23N3/c1-2-19(16-5-3-4-15(16)11-18)12-14-8-6-13(10-17)7-9-14/h6-9,15-16H,2-5,11-12,18H2,1H3. The SMILES string of the molecule is CCN(Cc1ccc(C#N)cc1)C1CCCC1CN. The van der Waals surface area contributed by atoms with Gasteiger partial charge < -0.3 is 5.73 Å². The Morgan fingerprint density at radius 1 is 1.32 bits per heavy atom. The van der Waals surface area contributed by atoms with Crippen LogP contribution in [0.2, 0.25) is 0 Å². The number of nitrogens with two attached hydrogens (primary N) is 1. The van der Waals surface area contributed by atoms with Crippen LogP contribution in [-0.4, -0.2) is 24.0 Å². The lowest BCUT2D eigenvalue weighted by atomic mass is 10.0. The molecule has 19 heavy (non-hydrogen) atoms. The molecule has 0 bridgehead atoms. The first kappa shape index (κ1) is 14.0. The van der Waals surface area contributed by atoms with E-state index in [1.54, 1.807) is 0 Å². The van der Waals surface area contributed by atoms with Crippen molar-refractivity contribution in [1.82, 2.24) is 4.90 Å². The Kier molecular flexibility index (Phi) is 4.95. The predicted molar refractivity (Wildman–Crippen MR) is 77.4 cm³/mol. The second-order valence-electron chi connectivity index (χ2n) is 5.37. The van der Waals surface area contributed by atoms with Crippen LogP contribution >= 0.6 is 0 Å². The van der Waals surface area contributed by atoms with Gasteiger partial charge in [-0.15, -0.1) is 0 Å². The first-order valence-corrected chi connectivity index (χ1v) is 7.21. The third-order valence-electron chi connectivity index (χ3n) is 4.27. The predicted octanol–water partition coefficient (Wildman–Crippen LogP) is 2.51. The summed E-state index contributed by atoms with van der Waals surface area (Å²) in [5.41, 5.74) is 7.90. The number of rotatable bonds is 5. The van der Waals surface area contributed by atoms with Crippen molar-refractivity contribution in [3.05, 3.63) is 35.4 Å². The first-order chi connectivity index (χ1) is 9.28. The van der Waals surface area contributed by atoms with Gasteiger partial charge in [0.1, 0.15) is 0 Å². The molecule has 0 aromatic heterocycles. The lowest BCUT2D eigenvalue weighted by Gasteiger charge is -2.31. The summed E-state index contributed by atoms with van der Waals surface area (Å²) in [7, 11) is 0. The molecule has 0 radical (unpaired) electrons. The summed E-state index contributed by atoms with van der Waals surface area (Å²) >= 11 is 0. The van der Waals surface area contributed by atoms with Crippen molar-refractivity contribution in [2.45, 2.75) is 38.8 Å². The van der Waals surface area contributed by atoms with E-state index in [9.17, 15) is 0 Å². The van der Waals surface area contributed by atoms with E-state index < -0.39 is 0 Å². The average molecular weight is 257 g/mol. The van der Waals surface area contributed by atoms with Crippen LogP contribution in [0.4, 0.5) is 0 Å². The van der Waals surface area contributed by atoms with Crippen LogP contribution in [0.25, 0.3) is 0 Å². The van der Waals surface area contributed by atoms with Gasteiger partial charge >= 0.3 is 0 Å². The molecule has 0 spiro atoms. The Bertz CT molecular complexity index is 432. The van der Waals surface area contributed by atoms with Gasteiger partial charge in [0.05, 0.1) is 11.6 Å². The molecule has 2 rings (SSSR count). The smallest absolute Gasteiger partial charge is 0.0991 e. The van der Waals surface area contributed by atoms with Crippen LogP contribution in [0, 0.1) is 17.2 Å². The fourth-order valence-corrected chi connectivity index (χ4v) is 3.16. The minimum Gasteiger partial charge on any atom is -0.330 e. The lowest BCUT2D eigenvalue weighted by Crippen LogP contribution is -2.39. The molecule has 1 aromatic carbocycles. The van der Waals surface area contributed by atoms with Crippen molar-refractivity contribution in [3.8, 4) is 6.07 Å². The number of benzene rings is 1. The zero-order valence-electron chi connectivity index (χ0n) is 11.7. The van der Waals surface area contributed by atoms with Gasteiger partial charge in [0.25, 0.3) is 0 Å². The number of nitriles is 1. The summed E-state index contributed by atoms with van der Waals surface area (Å²) < 4.78 is 0. The fourth-order valence-electron chi connectivity index (χ4n) is 3.16. The van der Waals surface area contributed by atoms with Gasteiger partial charge in [-0.25, -0.2) is 0 Å². The van der Waals surface area contributed by atoms with E-state index in [2.05, 4.69) is 30.0 Å². The molecule has 1 fully saturated rings. The van der Waals surface area contributed by atoms with Gasteiger partial charge in [-0.05, 0) is 49.5 Å². The minimum absolute atomic E-state index is 0.630. The van der Waals surface area contributed by atoms with E-state index in [0.717, 1.165) is 25.2 Å². The Hall–Kier alpha value is -1.37. The van der Waals surface area contributed by atoms with E-state index in [0.29, 0.717) is 12.0 Å². The van der Waals surface area contributed by atoms with Gasteiger partial charge in [-0.1, -0.05) is 25.5 Å². The van der Waals surface area contributed by atoms with E-state index >= 15 is 0 Å². The van der Waals surface area contributed by atoms with Crippen molar-refractivity contribution in [3.63, 3.8) is 0 Å². The van der Waals surface area contributed by atoms with Gasteiger partial charge in [0.15, 0.2) is 0 Å². The van der Waals surface area contributed by atoms with Crippen LogP contribution in [0.1, 0.15) is 37.3 Å². The van der Waals surface area contributed by atoms with E-state index in [1.165, 1.54) is 24.8 Å². The van der Waals surface area contributed by atoms with E-state index in [-0.39, 0.29) is 0 Å². The molecule has 2 N–H and O–H groups in total. The molecule has 1 aliphatic rings. The van der Waals surface area contributed by atoms with Gasteiger partial charge in [0, 0.05) is 12.6 Å². The summed E-state index contributed by atoms with van der Waals surface area (Å²) in [4.78, 5) is 2.53. The largest absolute Gasteiger partial charge is 0.330 e. The highest BCUT2D eigenvalue weighted by molar-refractivity contribution is 5.31. The third-order valence-corrected chi connectivity index (χ3v) is 4.27. The number of hydrogen-bond acceptors (Lipinski definition) is 3. The molecule has 0 heterocycles. The van der Waals surface area contributed by atoms with Crippen LogP contribution in [0.15, 0.2) is 24.3 Å². The molecule has 1 aromatic rings. The summed E-state index contributed by atoms with van der Waals surface area (Å²) in [5.74, 6) is 0.651. The maximum Gasteiger partial charge on any atom is 0.0991 e. The monoisotopic (exact) mass is 257 g/mol. The zero-order chi connectivity index (χ0) is 13.7. The maximum absolute atomic E-state index is 8.82. The van der Waals surface area contributed by atoms with Crippen molar-refractivity contribution in [2.24, 2.45) is 11.7 Å². The molecule has 3 nitrogen and oxygen atoms in total. The highest BCUT2D eigenvalue weighted by Gasteiger charge is 2.30. The second-order valence-corrected chi connectivity index (χ2v) is 5.37. The maximum atomic E-state index is 8.82. The molecular formula is C16H23N3. The molecule has 0 saturated heterocycles. The highest BCUT2D eigenvalue weighted by atomic mass is 15.2. The van der Waals surface area contributed by atoms with Crippen LogP contribution in [-0.2, 0) is 6.54 Å². The normalized spacial score (nSPS) is 22.6. The molecular weight excluding hydrogens is 234 g/mol. The minimum atomic E-state index is 0.630. The van der Waals surface area contributed by atoms with E-state index in [1.807, 2.05) is 12.1 Å². The Labute approximate surface area is 116 Å². The number of nitrogens with zero attached hydrogens (tertiary/aromatic N) is 2. The summed E-state index contributed by atoms with van der Waals surface area (Å²) in [6, 6.07) is 10.7. The Morgan fingerprint density at radius 2 is 2.05 bits per heavy atom. The van der Waals surface area contributed by atoms with E-state index in [4.69, 9.17) is 11.0 Å². The number of hydrogen-bond donors (Lipinski definition) is 1. The quantitative estimate of drug-likeness (QED) is 0.881. The van der Waals surface area contributed by atoms with Crippen LogP contribution in [0.5, 0.6) is 0 Å². The summed E-state index contributed by atoms with van der Waals surface area (Å²) in [5, 5.41) is 8.82. The van der Waals surface area contributed by atoms with Crippen LogP contribution in [0.3, 0.4) is 0 Å². The molecule has 2 atom stereocenters. The molecule has 0 aliphatic heterocycles. The Balaban J connectivity index is 2.04. The molecule has 3 heteroatoms. The molecule has 102 valence electrons. The average Bonchev–Trinajstić information content (AvgIpc) is 2.93. The van der Waals surface area contributed by atoms with Crippen molar-refractivity contribution >= 4 is 0 Å². The third kappa shape index (κ3) is 3.34.